The monoisotopic (exact) mass is 210 g/mol. The Labute approximate surface area is 76.1 Å². The predicted molar refractivity (Wildman–Crippen MR) is 53.6 cm³/mol. The Bertz CT molecular complexity index is 274. The molecule has 0 atom stereocenters. The van der Waals surface area contributed by atoms with Crippen LogP contribution in [0.3, 0.4) is 0 Å². The Hall–Kier alpha value is -0.560. The van der Waals surface area contributed by atoms with Crippen molar-refractivity contribution in [1.29, 1.82) is 0 Å². The van der Waals surface area contributed by atoms with Gasteiger partial charge in [0.25, 0.3) is 0 Å². The molecular weight excluding hydrogens is 200 g/mol. The van der Waals surface area contributed by atoms with Gasteiger partial charge in [-0.25, -0.2) is 0 Å². The fraction of sp³-hybridized carbons (Fsp3) is 0.200. The summed E-state index contributed by atoms with van der Waals surface area (Å²) in [4.78, 5) is 0. The van der Waals surface area contributed by atoms with Gasteiger partial charge in [0.2, 0.25) is 0 Å². The maximum absolute atomic E-state index is 3.46. The molecule has 0 aromatic heterocycles. The van der Waals surface area contributed by atoms with Crippen LogP contribution < -0.4 is 0 Å². The van der Waals surface area contributed by atoms with E-state index in [4.69, 9.17) is 0 Å². The lowest BCUT2D eigenvalue weighted by atomic mass is 10.1. The highest BCUT2D eigenvalue weighted by molar-refractivity contribution is 9.10. The van der Waals surface area contributed by atoms with E-state index in [1.165, 1.54) is 15.6 Å². The van der Waals surface area contributed by atoms with Gasteiger partial charge in [-0.2, -0.15) is 0 Å². The van der Waals surface area contributed by atoms with Crippen LogP contribution in [0, 0.1) is 6.92 Å². The van der Waals surface area contributed by atoms with Crippen molar-refractivity contribution in [3.63, 3.8) is 0 Å². The van der Waals surface area contributed by atoms with Crippen LogP contribution in [0.1, 0.15) is 18.1 Å². The quantitative estimate of drug-likeness (QED) is 0.662. The molecule has 0 saturated heterocycles. The number of allylic oxidation sites excluding steroid dienone is 1. The molecule has 0 radical (unpaired) electrons. The summed E-state index contributed by atoms with van der Waals surface area (Å²) in [5.41, 5.74) is 2.54. The zero-order valence-electron chi connectivity index (χ0n) is 6.76. The summed E-state index contributed by atoms with van der Waals surface area (Å²) in [7, 11) is 0. The normalized spacial score (nSPS) is 10.8. The second-order valence-corrected chi connectivity index (χ2v) is 3.36. The van der Waals surface area contributed by atoms with E-state index in [1.54, 1.807) is 0 Å². The minimum atomic E-state index is 1.17. The molecule has 0 fully saturated rings. The molecule has 11 heavy (non-hydrogen) atoms. The first-order valence-corrected chi connectivity index (χ1v) is 4.42. The van der Waals surface area contributed by atoms with E-state index < -0.39 is 0 Å². The van der Waals surface area contributed by atoms with Crippen molar-refractivity contribution in [1.82, 2.24) is 0 Å². The summed E-state index contributed by atoms with van der Waals surface area (Å²) in [6.45, 7) is 4.12. The van der Waals surface area contributed by atoms with Gasteiger partial charge in [0, 0.05) is 4.47 Å². The van der Waals surface area contributed by atoms with Crippen LogP contribution in [0.4, 0.5) is 0 Å². The van der Waals surface area contributed by atoms with Crippen LogP contribution in [0.2, 0.25) is 0 Å². The summed E-state index contributed by atoms with van der Waals surface area (Å²) in [6.07, 6.45) is 4.14. The van der Waals surface area contributed by atoms with Gasteiger partial charge in [0.15, 0.2) is 0 Å². The van der Waals surface area contributed by atoms with Crippen molar-refractivity contribution in [3.05, 3.63) is 39.9 Å². The predicted octanol–water partition coefficient (Wildman–Crippen LogP) is 3.79. The van der Waals surface area contributed by atoms with Gasteiger partial charge in [-0.15, -0.1) is 0 Å². The van der Waals surface area contributed by atoms with Crippen LogP contribution in [0.25, 0.3) is 6.08 Å². The third-order valence-electron chi connectivity index (χ3n) is 1.54. The summed E-state index contributed by atoms with van der Waals surface area (Å²) in [5.74, 6) is 0. The van der Waals surface area contributed by atoms with E-state index in [0.29, 0.717) is 0 Å². The molecule has 58 valence electrons. The Kier molecular flexibility index (Phi) is 2.89. The molecule has 0 unspecified atom stereocenters. The molecule has 0 nitrogen and oxygen atoms in total. The molecule has 0 saturated carbocycles. The second kappa shape index (κ2) is 3.72. The highest BCUT2D eigenvalue weighted by Gasteiger charge is 1.92. The molecule has 0 N–H and O–H groups in total. The lowest BCUT2D eigenvalue weighted by Gasteiger charge is -1.98. The third-order valence-corrected chi connectivity index (χ3v) is 2.43. The molecule has 0 heterocycles. The lowest BCUT2D eigenvalue weighted by Crippen LogP contribution is -1.76. The number of halogens is 1. The first kappa shape index (κ1) is 8.54. The maximum atomic E-state index is 3.46. The topological polar surface area (TPSA) is 0 Å². The Balaban J connectivity index is 3.05. The lowest BCUT2D eigenvalue weighted by molar-refractivity contribution is 1.42. The highest BCUT2D eigenvalue weighted by Crippen LogP contribution is 2.17. The van der Waals surface area contributed by atoms with Crippen molar-refractivity contribution < 1.29 is 0 Å². The van der Waals surface area contributed by atoms with Crippen molar-refractivity contribution in [2.75, 3.05) is 0 Å². The minimum Gasteiger partial charge on any atom is -0.0871 e. The van der Waals surface area contributed by atoms with Gasteiger partial charge in [-0.05, 0) is 31.0 Å². The van der Waals surface area contributed by atoms with Crippen molar-refractivity contribution in [2.24, 2.45) is 0 Å². The molecule has 1 rings (SSSR count). The highest BCUT2D eigenvalue weighted by atomic mass is 79.9. The van der Waals surface area contributed by atoms with E-state index >= 15 is 0 Å². The minimum absolute atomic E-state index is 1.17. The molecule has 1 aromatic rings. The second-order valence-electron chi connectivity index (χ2n) is 2.51. The smallest absolute Gasteiger partial charge is 0.0204 e. The van der Waals surface area contributed by atoms with Gasteiger partial charge in [-0.3, -0.25) is 0 Å². The van der Waals surface area contributed by atoms with Gasteiger partial charge in [0.05, 0.1) is 0 Å². The first-order chi connectivity index (χ1) is 5.24. The molecule has 0 aliphatic carbocycles. The first-order valence-electron chi connectivity index (χ1n) is 3.63. The van der Waals surface area contributed by atoms with Gasteiger partial charge in [0.1, 0.15) is 0 Å². The molecule has 0 aliphatic heterocycles. The summed E-state index contributed by atoms with van der Waals surface area (Å²) < 4.78 is 1.17. The average molecular weight is 211 g/mol. The van der Waals surface area contributed by atoms with Crippen LogP contribution in [-0.4, -0.2) is 0 Å². The molecule has 0 bridgehead atoms. The van der Waals surface area contributed by atoms with Crippen molar-refractivity contribution in [2.45, 2.75) is 13.8 Å². The summed E-state index contributed by atoms with van der Waals surface area (Å²) >= 11 is 3.46. The van der Waals surface area contributed by atoms with Crippen LogP contribution in [-0.2, 0) is 0 Å². The number of rotatable bonds is 1. The molecule has 0 spiro atoms. The molecule has 0 amide bonds. The summed E-state index contributed by atoms with van der Waals surface area (Å²) in [6, 6.07) is 6.33. The Morgan fingerprint density at radius 1 is 1.36 bits per heavy atom. The fourth-order valence-electron chi connectivity index (χ4n) is 0.964. The number of benzene rings is 1. The van der Waals surface area contributed by atoms with E-state index in [-0.39, 0.29) is 0 Å². The van der Waals surface area contributed by atoms with E-state index in [1.807, 2.05) is 13.0 Å². The molecular formula is C10H11Br. The van der Waals surface area contributed by atoms with E-state index in [0.717, 1.165) is 0 Å². The Morgan fingerprint density at radius 2 is 2.09 bits per heavy atom. The number of hydrogen-bond acceptors (Lipinski definition) is 0. The molecule has 1 aromatic carbocycles. The van der Waals surface area contributed by atoms with Crippen LogP contribution >= 0.6 is 15.9 Å². The standard InChI is InChI=1S/C10H11Br/c1-3-4-9-5-6-10(11)8(2)7-9/h3-7H,1-2H3/b4-3+. The zero-order valence-corrected chi connectivity index (χ0v) is 8.35. The molecule has 1 heteroatoms. The number of aryl methyl sites for hydroxylation is 1. The van der Waals surface area contributed by atoms with Crippen LogP contribution in [0.15, 0.2) is 28.7 Å². The van der Waals surface area contributed by atoms with Crippen molar-refractivity contribution >= 4 is 22.0 Å². The van der Waals surface area contributed by atoms with Crippen molar-refractivity contribution in [3.8, 4) is 0 Å². The van der Waals surface area contributed by atoms with E-state index in [9.17, 15) is 0 Å². The maximum Gasteiger partial charge on any atom is 0.0204 e. The average Bonchev–Trinajstić information content (AvgIpc) is 1.98. The Morgan fingerprint density at radius 3 is 2.64 bits per heavy atom. The van der Waals surface area contributed by atoms with Crippen LogP contribution in [0.5, 0.6) is 0 Å². The van der Waals surface area contributed by atoms with Gasteiger partial charge in [-0.1, -0.05) is 40.2 Å². The zero-order chi connectivity index (χ0) is 8.27. The van der Waals surface area contributed by atoms with Gasteiger partial charge < -0.3 is 0 Å². The van der Waals surface area contributed by atoms with E-state index in [2.05, 4.69) is 47.1 Å². The third kappa shape index (κ3) is 2.19. The van der Waals surface area contributed by atoms with Gasteiger partial charge >= 0.3 is 0 Å². The SMILES string of the molecule is C/C=C/c1ccc(Br)c(C)c1. The number of hydrogen-bond donors (Lipinski definition) is 0. The molecule has 0 aliphatic rings. The fourth-order valence-corrected chi connectivity index (χ4v) is 1.21. The largest absolute Gasteiger partial charge is 0.0871 e. The summed E-state index contributed by atoms with van der Waals surface area (Å²) in [5, 5.41) is 0.